The monoisotopic (exact) mass is 450 g/mol. The molecule has 7 atom stereocenters. The molecule has 3 heterocycles. The molecule has 0 bridgehead atoms. The van der Waals surface area contributed by atoms with Gasteiger partial charge < -0.3 is 28.4 Å². The molecule has 3 saturated heterocycles. The van der Waals surface area contributed by atoms with Crippen molar-refractivity contribution >= 4 is 23.9 Å². The molecule has 0 spiro atoms. The highest BCUT2D eigenvalue weighted by atomic mass is 16.7. The van der Waals surface area contributed by atoms with E-state index in [1.807, 2.05) is 6.92 Å². The lowest BCUT2D eigenvalue weighted by Crippen LogP contribution is -2.49. The van der Waals surface area contributed by atoms with Gasteiger partial charge in [0.25, 0.3) is 0 Å². The zero-order chi connectivity index (χ0) is 23.4. The molecule has 0 amide bonds. The summed E-state index contributed by atoms with van der Waals surface area (Å²) in [7, 11) is 1.19. The van der Waals surface area contributed by atoms with Gasteiger partial charge in [-0.25, -0.2) is 14.4 Å². The van der Waals surface area contributed by atoms with E-state index in [4.69, 9.17) is 28.4 Å². The van der Waals surface area contributed by atoms with Crippen LogP contribution in [0.25, 0.3) is 0 Å². The number of hydrogen-bond acceptors (Lipinski definition) is 10. The first-order chi connectivity index (χ1) is 15.0. The van der Waals surface area contributed by atoms with Gasteiger partial charge in [0.15, 0.2) is 17.8 Å². The van der Waals surface area contributed by atoms with E-state index in [0.29, 0.717) is 12.8 Å². The standard InChI is InChI=1S/C22H26O10/c1-10-13-15(29-11(2)23)14(31-20(26)22(4)9-28-22)12(19(25)27-5)7-6-8-21(3)17(32-21)16(13)30-18(10)24/h7,13-17H,1,6,8-9H2,2-5H3/b12-7+/t13-,14+,15+,16-,17+,21-,22-/m1/s1. The van der Waals surface area contributed by atoms with E-state index >= 15 is 0 Å². The van der Waals surface area contributed by atoms with Gasteiger partial charge in [0.2, 0.25) is 0 Å². The van der Waals surface area contributed by atoms with Crippen molar-refractivity contribution in [3.63, 3.8) is 0 Å². The smallest absolute Gasteiger partial charge is 0.341 e. The van der Waals surface area contributed by atoms with Crippen molar-refractivity contribution in [2.75, 3.05) is 13.7 Å². The SMILES string of the molecule is C=C1C(=O)O[C@@H]2[C@H]1[C@H](OC(C)=O)[C@@H](OC(=O)[C@@]1(C)CO1)/C(C(=O)OC)=C\CC[C@@]1(C)O[C@@H]21. The number of ether oxygens (including phenoxy) is 6. The first-order valence-electron chi connectivity index (χ1n) is 10.4. The number of rotatable bonds is 4. The average molecular weight is 450 g/mol. The molecule has 32 heavy (non-hydrogen) atoms. The van der Waals surface area contributed by atoms with E-state index < -0.39 is 65.4 Å². The minimum Gasteiger partial charge on any atom is -0.466 e. The van der Waals surface area contributed by atoms with Crippen LogP contribution in [0.1, 0.15) is 33.6 Å². The lowest BCUT2D eigenvalue weighted by atomic mass is 9.80. The summed E-state index contributed by atoms with van der Waals surface area (Å²) >= 11 is 0. The Balaban J connectivity index is 1.82. The van der Waals surface area contributed by atoms with Crippen LogP contribution in [0.4, 0.5) is 0 Å². The van der Waals surface area contributed by atoms with Crippen LogP contribution in [0.15, 0.2) is 23.8 Å². The van der Waals surface area contributed by atoms with Gasteiger partial charge in [-0.2, -0.15) is 0 Å². The van der Waals surface area contributed by atoms with Gasteiger partial charge >= 0.3 is 23.9 Å². The van der Waals surface area contributed by atoms with Crippen LogP contribution in [0, 0.1) is 5.92 Å². The number of epoxide rings is 2. The minimum atomic E-state index is -1.37. The van der Waals surface area contributed by atoms with Crippen LogP contribution in [0.3, 0.4) is 0 Å². The molecule has 174 valence electrons. The third-order valence-electron chi connectivity index (χ3n) is 6.43. The van der Waals surface area contributed by atoms with Crippen molar-refractivity contribution in [3.8, 4) is 0 Å². The molecule has 0 unspecified atom stereocenters. The van der Waals surface area contributed by atoms with Gasteiger partial charge in [0.1, 0.15) is 12.2 Å². The topological polar surface area (TPSA) is 130 Å². The normalized spacial score (nSPS) is 41.8. The molecule has 0 radical (unpaired) electrons. The van der Waals surface area contributed by atoms with Gasteiger partial charge in [-0.05, 0) is 26.7 Å². The molecule has 4 rings (SSSR count). The Morgan fingerprint density at radius 3 is 2.50 bits per heavy atom. The van der Waals surface area contributed by atoms with E-state index in [9.17, 15) is 19.2 Å². The lowest BCUT2D eigenvalue weighted by Gasteiger charge is -2.34. The summed E-state index contributed by atoms with van der Waals surface area (Å²) in [6.45, 7) is 8.58. The summed E-state index contributed by atoms with van der Waals surface area (Å²) in [5.41, 5.74) is -1.72. The Kier molecular flexibility index (Phi) is 5.41. The van der Waals surface area contributed by atoms with Crippen LogP contribution in [0.5, 0.6) is 0 Å². The van der Waals surface area contributed by atoms with Gasteiger partial charge in [-0.3, -0.25) is 4.79 Å². The van der Waals surface area contributed by atoms with E-state index in [0.717, 1.165) is 0 Å². The van der Waals surface area contributed by atoms with Crippen molar-refractivity contribution in [3.05, 3.63) is 23.8 Å². The number of carbonyl (C=O) groups excluding carboxylic acids is 4. The predicted molar refractivity (Wildman–Crippen MR) is 105 cm³/mol. The molecular weight excluding hydrogens is 424 g/mol. The molecule has 3 aliphatic heterocycles. The quantitative estimate of drug-likeness (QED) is 0.262. The highest BCUT2D eigenvalue weighted by Gasteiger charge is 2.65. The number of hydrogen-bond donors (Lipinski definition) is 0. The van der Waals surface area contributed by atoms with Crippen LogP contribution < -0.4 is 0 Å². The fraction of sp³-hybridized carbons (Fsp3) is 0.636. The fourth-order valence-electron chi connectivity index (χ4n) is 4.35. The summed E-state index contributed by atoms with van der Waals surface area (Å²) in [5.74, 6) is -3.76. The Morgan fingerprint density at radius 2 is 1.91 bits per heavy atom. The maximum absolute atomic E-state index is 12.8. The fourth-order valence-corrected chi connectivity index (χ4v) is 4.35. The second-order valence-corrected chi connectivity index (χ2v) is 8.88. The molecule has 1 aliphatic carbocycles. The zero-order valence-corrected chi connectivity index (χ0v) is 18.4. The van der Waals surface area contributed by atoms with E-state index in [1.165, 1.54) is 14.0 Å². The molecule has 0 aromatic rings. The molecule has 10 nitrogen and oxygen atoms in total. The number of esters is 4. The maximum atomic E-state index is 12.8. The molecule has 0 saturated carbocycles. The van der Waals surface area contributed by atoms with Gasteiger partial charge in [0, 0.05) is 12.5 Å². The number of allylic oxidation sites excluding steroid dienone is 1. The van der Waals surface area contributed by atoms with Crippen molar-refractivity contribution in [2.24, 2.45) is 5.92 Å². The van der Waals surface area contributed by atoms with Crippen LogP contribution in [-0.4, -0.2) is 73.2 Å². The average Bonchev–Trinajstić information content (AvgIpc) is 3.61. The van der Waals surface area contributed by atoms with E-state index in [2.05, 4.69) is 6.58 Å². The second kappa shape index (κ2) is 7.70. The van der Waals surface area contributed by atoms with Gasteiger partial charge in [-0.15, -0.1) is 0 Å². The molecule has 3 fully saturated rings. The van der Waals surface area contributed by atoms with Crippen LogP contribution in [0.2, 0.25) is 0 Å². The predicted octanol–water partition coefficient (Wildman–Crippen LogP) is 0.767. The largest absolute Gasteiger partial charge is 0.466 e. The summed E-state index contributed by atoms with van der Waals surface area (Å²) in [5, 5.41) is 0. The highest BCUT2D eigenvalue weighted by molar-refractivity contribution is 5.93. The molecular formula is C22H26O10. The molecule has 4 aliphatic rings. The van der Waals surface area contributed by atoms with Crippen molar-refractivity contribution < 1.29 is 47.6 Å². The summed E-state index contributed by atoms with van der Waals surface area (Å²) < 4.78 is 32.8. The van der Waals surface area contributed by atoms with Gasteiger partial charge in [0.05, 0.1) is 30.8 Å². The van der Waals surface area contributed by atoms with Crippen LogP contribution in [-0.2, 0) is 47.6 Å². The van der Waals surface area contributed by atoms with E-state index in [1.54, 1.807) is 13.0 Å². The Hall–Kier alpha value is -2.72. The van der Waals surface area contributed by atoms with Crippen molar-refractivity contribution in [1.82, 2.24) is 0 Å². The maximum Gasteiger partial charge on any atom is 0.341 e. The summed E-state index contributed by atoms with van der Waals surface area (Å²) in [4.78, 5) is 50.0. The summed E-state index contributed by atoms with van der Waals surface area (Å²) in [6.07, 6.45) is -1.44. The number of carbonyl (C=O) groups is 4. The Bertz CT molecular complexity index is 916. The van der Waals surface area contributed by atoms with Crippen molar-refractivity contribution in [2.45, 2.75) is 69.2 Å². The first-order valence-corrected chi connectivity index (χ1v) is 10.4. The van der Waals surface area contributed by atoms with Crippen LogP contribution >= 0.6 is 0 Å². The van der Waals surface area contributed by atoms with Crippen molar-refractivity contribution in [1.29, 1.82) is 0 Å². The second-order valence-electron chi connectivity index (χ2n) is 8.88. The molecule has 10 heteroatoms. The first kappa shape index (κ1) is 22.5. The molecule has 0 aromatic heterocycles. The van der Waals surface area contributed by atoms with E-state index in [-0.39, 0.29) is 17.8 Å². The highest BCUT2D eigenvalue weighted by Crippen LogP contribution is 2.50. The Labute approximate surface area is 184 Å². The lowest BCUT2D eigenvalue weighted by molar-refractivity contribution is -0.174. The summed E-state index contributed by atoms with van der Waals surface area (Å²) in [6, 6.07) is 0. The third kappa shape index (κ3) is 3.81. The number of methoxy groups -OCH3 is 1. The molecule has 0 aromatic carbocycles. The Morgan fingerprint density at radius 1 is 1.22 bits per heavy atom. The minimum absolute atomic E-state index is 0.00931. The van der Waals surface area contributed by atoms with Gasteiger partial charge in [-0.1, -0.05) is 12.7 Å². The molecule has 0 N–H and O–H groups in total. The third-order valence-corrected chi connectivity index (χ3v) is 6.43. The number of fused-ring (bicyclic) bond motifs is 3. The zero-order valence-electron chi connectivity index (χ0n) is 18.4.